The van der Waals surface area contributed by atoms with Crippen LogP contribution in [0.25, 0.3) is 55.4 Å². The van der Waals surface area contributed by atoms with Crippen molar-refractivity contribution < 1.29 is 0 Å². The molecule has 194 valence electrons. The highest BCUT2D eigenvalue weighted by molar-refractivity contribution is 6.15. The molecule has 0 aliphatic heterocycles. The molecule has 39 heavy (non-hydrogen) atoms. The number of H-pyrrole nitrogens is 1. The lowest BCUT2D eigenvalue weighted by atomic mass is 9.79. The van der Waals surface area contributed by atoms with Gasteiger partial charge in [0.1, 0.15) is 0 Å². The molecule has 6 aromatic rings. The Morgan fingerprint density at radius 3 is 1.92 bits per heavy atom. The summed E-state index contributed by atoms with van der Waals surface area (Å²) in [5, 5.41) is 2.43. The molecular weight excluding hydrogens is 474 g/mol. The van der Waals surface area contributed by atoms with Crippen LogP contribution in [0.4, 0.5) is 0 Å². The van der Waals surface area contributed by atoms with Gasteiger partial charge in [-0.25, -0.2) is 0 Å². The summed E-state index contributed by atoms with van der Waals surface area (Å²) in [5.41, 5.74) is 11.4. The van der Waals surface area contributed by atoms with Crippen LogP contribution in [0.1, 0.15) is 52.7 Å². The summed E-state index contributed by atoms with van der Waals surface area (Å²) < 4.78 is 0. The molecule has 6 rings (SSSR count). The van der Waals surface area contributed by atoms with E-state index < -0.39 is 0 Å². The van der Waals surface area contributed by atoms with E-state index in [0.29, 0.717) is 0 Å². The summed E-state index contributed by atoms with van der Waals surface area (Å²) in [6, 6.07) is 30.2. The van der Waals surface area contributed by atoms with Gasteiger partial charge in [-0.1, -0.05) is 108 Å². The van der Waals surface area contributed by atoms with Crippen molar-refractivity contribution in [2.45, 2.75) is 52.4 Å². The number of nitrogens with zero attached hydrogens (tertiary/aromatic N) is 2. The Bertz CT molecular complexity index is 1810. The topological polar surface area (TPSA) is 41.6 Å². The van der Waals surface area contributed by atoms with Crippen LogP contribution in [0.3, 0.4) is 0 Å². The van der Waals surface area contributed by atoms with E-state index in [-0.39, 0.29) is 10.8 Å². The first kappa shape index (κ1) is 25.1. The SMILES string of the molecule is CC(C)(C)c1cnc(-c2cccc3c2[nH]c2c(-c4cccc(-c5ccccn5)c4)cccc23)c(C(C)(C)C)c1. The fourth-order valence-corrected chi connectivity index (χ4v) is 5.43. The maximum Gasteiger partial charge on any atom is 0.0760 e. The van der Waals surface area contributed by atoms with Crippen LogP contribution in [0.15, 0.2) is 97.3 Å². The second-order valence-corrected chi connectivity index (χ2v) is 12.5. The molecule has 3 aromatic heterocycles. The number of pyridine rings is 2. The second kappa shape index (κ2) is 9.20. The molecule has 0 saturated heterocycles. The molecule has 3 heteroatoms. The Kier molecular flexibility index (Phi) is 5.91. The number of nitrogens with one attached hydrogen (secondary N) is 1. The fraction of sp³-hybridized carbons (Fsp3) is 0.222. The standard InChI is InChI=1S/C36H35N3/c1-35(2,3)25-21-30(36(4,5)6)34(38-22-25)29-17-11-16-28-27-15-10-14-26(32(27)39-33(28)29)23-12-9-13-24(20-23)31-18-7-8-19-37-31/h7-22,39H,1-6H3. The Hall–Kier alpha value is -4.24. The first-order valence-corrected chi connectivity index (χ1v) is 13.7. The van der Waals surface area contributed by atoms with Gasteiger partial charge in [0.2, 0.25) is 0 Å². The summed E-state index contributed by atoms with van der Waals surface area (Å²) in [7, 11) is 0. The van der Waals surface area contributed by atoms with Crippen LogP contribution in [0, 0.1) is 0 Å². The number of hydrogen-bond donors (Lipinski definition) is 1. The summed E-state index contributed by atoms with van der Waals surface area (Å²) in [5.74, 6) is 0. The van der Waals surface area contributed by atoms with E-state index in [1.807, 2.05) is 18.3 Å². The van der Waals surface area contributed by atoms with E-state index >= 15 is 0 Å². The molecule has 0 aliphatic carbocycles. The number of fused-ring (bicyclic) bond motifs is 3. The molecule has 0 fully saturated rings. The predicted octanol–water partition coefficient (Wildman–Crippen LogP) is 9.71. The molecule has 0 amide bonds. The molecule has 0 bridgehead atoms. The average Bonchev–Trinajstić information content (AvgIpc) is 3.31. The monoisotopic (exact) mass is 509 g/mol. The number of para-hydroxylation sites is 2. The van der Waals surface area contributed by atoms with Crippen LogP contribution >= 0.6 is 0 Å². The highest BCUT2D eigenvalue weighted by Gasteiger charge is 2.25. The van der Waals surface area contributed by atoms with Crippen molar-refractivity contribution >= 4 is 21.8 Å². The highest BCUT2D eigenvalue weighted by Crippen LogP contribution is 2.41. The van der Waals surface area contributed by atoms with Crippen LogP contribution in [-0.2, 0) is 10.8 Å². The molecule has 3 heterocycles. The first-order chi connectivity index (χ1) is 18.6. The fourth-order valence-electron chi connectivity index (χ4n) is 5.43. The van der Waals surface area contributed by atoms with E-state index in [0.717, 1.165) is 33.5 Å². The van der Waals surface area contributed by atoms with Gasteiger partial charge in [0.25, 0.3) is 0 Å². The van der Waals surface area contributed by atoms with Gasteiger partial charge in [-0.05, 0) is 45.7 Å². The van der Waals surface area contributed by atoms with Gasteiger partial charge < -0.3 is 4.98 Å². The molecular formula is C36H35N3. The number of aromatic amines is 1. The Morgan fingerprint density at radius 2 is 1.26 bits per heavy atom. The van der Waals surface area contributed by atoms with Crippen LogP contribution < -0.4 is 0 Å². The lowest BCUT2D eigenvalue weighted by Crippen LogP contribution is -2.18. The average molecular weight is 510 g/mol. The lowest BCUT2D eigenvalue weighted by molar-refractivity contribution is 0.565. The normalized spacial score (nSPS) is 12.4. The van der Waals surface area contributed by atoms with Crippen LogP contribution in [0.5, 0.6) is 0 Å². The van der Waals surface area contributed by atoms with Gasteiger partial charge in [0.05, 0.1) is 22.4 Å². The number of aromatic nitrogens is 3. The highest BCUT2D eigenvalue weighted by atomic mass is 14.7. The minimum Gasteiger partial charge on any atom is -0.353 e. The van der Waals surface area contributed by atoms with Crippen molar-refractivity contribution in [3.05, 3.63) is 108 Å². The van der Waals surface area contributed by atoms with Gasteiger partial charge >= 0.3 is 0 Å². The van der Waals surface area contributed by atoms with Gasteiger partial charge in [0, 0.05) is 39.9 Å². The Labute approximate surface area is 231 Å². The minimum absolute atomic E-state index is 0.0390. The van der Waals surface area contributed by atoms with Crippen LogP contribution in [-0.4, -0.2) is 15.0 Å². The number of benzene rings is 3. The quantitative estimate of drug-likeness (QED) is 0.258. The molecule has 0 saturated carbocycles. The van der Waals surface area contributed by atoms with E-state index in [1.54, 1.807) is 0 Å². The summed E-state index contributed by atoms with van der Waals surface area (Å²) in [6.07, 6.45) is 3.90. The third-order valence-electron chi connectivity index (χ3n) is 7.62. The van der Waals surface area contributed by atoms with Crippen molar-refractivity contribution in [3.63, 3.8) is 0 Å². The Morgan fingerprint density at radius 1 is 0.590 bits per heavy atom. The van der Waals surface area contributed by atoms with E-state index in [2.05, 4.69) is 131 Å². The zero-order valence-corrected chi connectivity index (χ0v) is 23.6. The van der Waals surface area contributed by atoms with Gasteiger partial charge in [-0.3, -0.25) is 9.97 Å². The molecule has 0 aliphatic rings. The van der Waals surface area contributed by atoms with Crippen molar-refractivity contribution in [2.24, 2.45) is 0 Å². The number of rotatable bonds is 3. The zero-order chi connectivity index (χ0) is 27.4. The molecule has 1 N–H and O–H groups in total. The smallest absolute Gasteiger partial charge is 0.0760 e. The summed E-state index contributed by atoms with van der Waals surface area (Å²) in [4.78, 5) is 13.5. The molecule has 0 atom stereocenters. The van der Waals surface area contributed by atoms with Crippen molar-refractivity contribution in [1.82, 2.24) is 15.0 Å². The van der Waals surface area contributed by atoms with Gasteiger partial charge in [-0.2, -0.15) is 0 Å². The number of hydrogen-bond acceptors (Lipinski definition) is 2. The maximum absolute atomic E-state index is 5.10. The van der Waals surface area contributed by atoms with Gasteiger partial charge in [-0.15, -0.1) is 0 Å². The molecule has 0 spiro atoms. The largest absolute Gasteiger partial charge is 0.353 e. The summed E-state index contributed by atoms with van der Waals surface area (Å²) in [6.45, 7) is 13.6. The van der Waals surface area contributed by atoms with E-state index in [4.69, 9.17) is 4.98 Å². The third kappa shape index (κ3) is 4.52. The van der Waals surface area contributed by atoms with Crippen LogP contribution in [0.2, 0.25) is 0 Å². The van der Waals surface area contributed by atoms with E-state index in [1.165, 1.54) is 33.0 Å². The van der Waals surface area contributed by atoms with E-state index in [9.17, 15) is 0 Å². The molecule has 0 radical (unpaired) electrons. The third-order valence-corrected chi connectivity index (χ3v) is 7.62. The van der Waals surface area contributed by atoms with Crippen molar-refractivity contribution in [2.75, 3.05) is 0 Å². The Balaban J connectivity index is 1.57. The molecule has 0 unspecified atom stereocenters. The second-order valence-electron chi connectivity index (χ2n) is 12.5. The summed E-state index contributed by atoms with van der Waals surface area (Å²) >= 11 is 0. The lowest BCUT2D eigenvalue weighted by Gasteiger charge is -2.27. The van der Waals surface area contributed by atoms with Gasteiger partial charge in [0.15, 0.2) is 0 Å². The molecule has 3 nitrogen and oxygen atoms in total. The van der Waals surface area contributed by atoms with Crippen molar-refractivity contribution in [3.8, 4) is 33.6 Å². The molecule has 3 aromatic carbocycles. The predicted molar refractivity (Wildman–Crippen MR) is 165 cm³/mol. The maximum atomic E-state index is 5.10. The minimum atomic E-state index is -0.0468. The zero-order valence-electron chi connectivity index (χ0n) is 23.6. The van der Waals surface area contributed by atoms with Crippen molar-refractivity contribution in [1.29, 1.82) is 0 Å². The first-order valence-electron chi connectivity index (χ1n) is 13.7.